The second-order valence-corrected chi connectivity index (χ2v) is 4.70. The van der Waals surface area contributed by atoms with Crippen molar-refractivity contribution in [2.24, 2.45) is 0 Å². The molecule has 0 fully saturated rings. The molecule has 0 aromatic heterocycles. The van der Waals surface area contributed by atoms with Gasteiger partial charge in [0.1, 0.15) is 0 Å². The van der Waals surface area contributed by atoms with Gasteiger partial charge in [0.25, 0.3) is 0 Å². The molecule has 1 rings (SSSR count). The Balaban J connectivity index is 3.17. The lowest BCUT2D eigenvalue weighted by Crippen LogP contribution is -2.37. The maximum absolute atomic E-state index is 13.7. The largest absolute Gasteiger partial charge is 0.494 e. The molecular weight excluding hydrogens is 259 g/mol. The maximum Gasteiger partial charge on any atom is 0.167 e. The summed E-state index contributed by atoms with van der Waals surface area (Å²) in [6.45, 7) is 5.56. The van der Waals surface area contributed by atoms with Crippen molar-refractivity contribution < 1.29 is 13.9 Å². The quantitative estimate of drug-likeness (QED) is 0.745. The lowest BCUT2D eigenvalue weighted by atomic mass is 10.1. The molecule has 0 saturated heterocycles. The molecule has 1 aromatic carbocycles. The summed E-state index contributed by atoms with van der Waals surface area (Å²) in [4.78, 5) is 2.17. The predicted octanol–water partition coefficient (Wildman–Crippen LogP) is 3.06. The summed E-state index contributed by atoms with van der Waals surface area (Å²) in [6.07, 6.45) is 1.97. The van der Waals surface area contributed by atoms with E-state index in [1.54, 1.807) is 13.2 Å². The third-order valence-corrected chi connectivity index (χ3v) is 3.53. The second kappa shape index (κ2) is 7.94. The van der Waals surface area contributed by atoms with E-state index in [0.29, 0.717) is 24.9 Å². The fourth-order valence-electron chi connectivity index (χ4n) is 2.38. The second-order valence-electron chi connectivity index (χ2n) is 4.70. The van der Waals surface area contributed by atoms with E-state index < -0.39 is 5.82 Å². The molecule has 20 heavy (non-hydrogen) atoms. The number of anilines is 2. The van der Waals surface area contributed by atoms with Gasteiger partial charge in [0.05, 0.1) is 25.1 Å². The molecule has 0 saturated carbocycles. The van der Waals surface area contributed by atoms with E-state index in [9.17, 15) is 4.39 Å². The van der Waals surface area contributed by atoms with E-state index in [4.69, 9.17) is 15.2 Å². The zero-order chi connectivity index (χ0) is 15.1. The van der Waals surface area contributed by atoms with Crippen molar-refractivity contribution in [3.05, 3.63) is 17.9 Å². The van der Waals surface area contributed by atoms with Crippen molar-refractivity contribution in [1.29, 1.82) is 0 Å². The molecule has 5 heteroatoms. The van der Waals surface area contributed by atoms with Crippen LogP contribution in [0.1, 0.15) is 26.7 Å². The SMILES string of the molecule is CCC(CC)N(CCOC)c1cc(OC)c(F)cc1N. The van der Waals surface area contributed by atoms with Crippen LogP contribution < -0.4 is 15.4 Å². The highest BCUT2D eigenvalue weighted by Gasteiger charge is 2.20. The fraction of sp³-hybridized carbons (Fsp3) is 0.600. The third-order valence-electron chi connectivity index (χ3n) is 3.53. The summed E-state index contributed by atoms with van der Waals surface area (Å²) in [5, 5.41) is 0. The van der Waals surface area contributed by atoms with Crippen LogP contribution in [0.3, 0.4) is 0 Å². The first-order chi connectivity index (χ1) is 9.58. The van der Waals surface area contributed by atoms with Gasteiger partial charge in [-0.15, -0.1) is 0 Å². The summed E-state index contributed by atoms with van der Waals surface area (Å²) < 4.78 is 23.9. The fourth-order valence-corrected chi connectivity index (χ4v) is 2.38. The number of benzene rings is 1. The standard InChI is InChI=1S/C15H25FN2O2/c1-5-11(6-2)18(7-8-19-3)14-10-15(20-4)12(16)9-13(14)17/h9-11H,5-8,17H2,1-4H3. The summed E-state index contributed by atoms with van der Waals surface area (Å²) in [5.74, 6) is -0.229. The number of hydrogen-bond donors (Lipinski definition) is 1. The Morgan fingerprint density at radius 1 is 1.25 bits per heavy atom. The van der Waals surface area contributed by atoms with Gasteiger partial charge in [-0.05, 0) is 12.8 Å². The minimum Gasteiger partial charge on any atom is -0.494 e. The Kier molecular flexibility index (Phi) is 6.58. The Morgan fingerprint density at radius 2 is 1.90 bits per heavy atom. The number of hydrogen-bond acceptors (Lipinski definition) is 4. The number of ether oxygens (including phenoxy) is 2. The van der Waals surface area contributed by atoms with Crippen LogP contribution in [0.15, 0.2) is 12.1 Å². The molecule has 0 unspecified atom stereocenters. The van der Waals surface area contributed by atoms with E-state index in [2.05, 4.69) is 18.7 Å². The van der Waals surface area contributed by atoms with Crippen molar-refractivity contribution in [3.8, 4) is 5.75 Å². The van der Waals surface area contributed by atoms with Crippen molar-refractivity contribution >= 4 is 11.4 Å². The summed E-state index contributed by atoms with van der Waals surface area (Å²) >= 11 is 0. The molecule has 0 aliphatic heterocycles. The van der Waals surface area contributed by atoms with E-state index >= 15 is 0 Å². The van der Waals surface area contributed by atoms with Crippen molar-refractivity contribution in [3.63, 3.8) is 0 Å². The van der Waals surface area contributed by atoms with E-state index in [-0.39, 0.29) is 5.75 Å². The number of halogens is 1. The predicted molar refractivity (Wildman–Crippen MR) is 81.0 cm³/mol. The first-order valence-corrected chi connectivity index (χ1v) is 6.97. The van der Waals surface area contributed by atoms with Gasteiger partial charge in [-0.3, -0.25) is 0 Å². The first kappa shape index (κ1) is 16.6. The van der Waals surface area contributed by atoms with Gasteiger partial charge in [0.2, 0.25) is 0 Å². The highest BCUT2D eigenvalue weighted by Crippen LogP contribution is 2.33. The molecule has 114 valence electrons. The number of nitrogens with two attached hydrogens (primary N) is 1. The number of nitrogen functional groups attached to an aromatic ring is 1. The highest BCUT2D eigenvalue weighted by atomic mass is 19.1. The maximum atomic E-state index is 13.7. The molecule has 0 radical (unpaired) electrons. The van der Waals surface area contributed by atoms with Gasteiger partial charge in [-0.2, -0.15) is 0 Å². The average Bonchev–Trinajstić information content (AvgIpc) is 2.44. The van der Waals surface area contributed by atoms with Crippen LogP contribution in [0, 0.1) is 5.82 Å². The van der Waals surface area contributed by atoms with Crippen LogP contribution in [0.2, 0.25) is 0 Å². The molecule has 0 heterocycles. The molecule has 1 aromatic rings. The normalized spacial score (nSPS) is 10.9. The summed E-state index contributed by atoms with van der Waals surface area (Å²) in [6, 6.07) is 3.32. The molecule has 0 spiro atoms. The van der Waals surface area contributed by atoms with Gasteiger partial charge >= 0.3 is 0 Å². The number of nitrogens with zero attached hydrogens (tertiary/aromatic N) is 1. The van der Waals surface area contributed by atoms with Gasteiger partial charge in [0.15, 0.2) is 11.6 Å². The average molecular weight is 284 g/mol. The molecule has 0 amide bonds. The van der Waals surface area contributed by atoms with E-state index in [1.807, 2.05) is 0 Å². The Labute approximate surface area is 120 Å². The molecule has 0 bridgehead atoms. The molecule has 0 atom stereocenters. The topological polar surface area (TPSA) is 47.7 Å². The van der Waals surface area contributed by atoms with Crippen molar-refractivity contribution in [2.75, 3.05) is 38.0 Å². The lowest BCUT2D eigenvalue weighted by molar-refractivity contribution is 0.202. The van der Waals surface area contributed by atoms with Crippen LogP contribution in [-0.4, -0.2) is 33.4 Å². The Morgan fingerprint density at radius 3 is 2.40 bits per heavy atom. The van der Waals surface area contributed by atoms with Gasteiger partial charge < -0.3 is 20.1 Å². The zero-order valence-electron chi connectivity index (χ0n) is 12.8. The zero-order valence-corrected chi connectivity index (χ0v) is 12.8. The molecule has 0 aliphatic carbocycles. The van der Waals surface area contributed by atoms with Crippen LogP contribution in [-0.2, 0) is 4.74 Å². The first-order valence-electron chi connectivity index (χ1n) is 6.97. The number of methoxy groups -OCH3 is 2. The monoisotopic (exact) mass is 284 g/mol. The molecular formula is C15H25FN2O2. The van der Waals surface area contributed by atoms with Crippen LogP contribution in [0.5, 0.6) is 5.75 Å². The minimum absolute atomic E-state index is 0.211. The van der Waals surface area contributed by atoms with Gasteiger partial charge in [-0.25, -0.2) is 4.39 Å². The Bertz CT molecular complexity index is 423. The van der Waals surface area contributed by atoms with E-state index in [0.717, 1.165) is 18.5 Å². The van der Waals surface area contributed by atoms with Crippen molar-refractivity contribution in [2.45, 2.75) is 32.7 Å². The van der Waals surface area contributed by atoms with Crippen molar-refractivity contribution in [1.82, 2.24) is 0 Å². The lowest BCUT2D eigenvalue weighted by Gasteiger charge is -2.33. The molecule has 4 nitrogen and oxygen atoms in total. The van der Waals surface area contributed by atoms with Gasteiger partial charge in [0, 0.05) is 31.8 Å². The van der Waals surface area contributed by atoms with Crippen LogP contribution in [0.25, 0.3) is 0 Å². The summed E-state index contributed by atoms with van der Waals surface area (Å²) in [5.41, 5.74) is 7.21. The third kappa shape index (κ3) is 3.76. The summed E-state index contributed by atoms with van der Waals surface area (Å²) in [7, 11) is 3.12. The van der Waals surface area contributed by atoms with Crippen LogP contribution in [0.4, 0.5) is 15.8 Å². The van der Waals surface area contributed by atoms with Gasteiger partial charge in [-0.1, -0.05) is 13.8 Å². The van der Waals surface area contributed by atoms with Crippen LogP contribution >= 0.6 is 0 Å². The molecule has 2 N–H and O–H groups in total. The highest BCUT2D eigenvalue weighted by molar-refractivity contribution is 5.70. The molecule has 0 aliphatic rings. The van der Waals surface area contributed by atoms with E-state index in [1.165, 1.54) is 13.2 Å². The Hall–Kier alpha value is -1.49. The smallest absolute Gasteiger partial charge is 0.167 e. The minimum atomic E-state index is -0.440. The number of rotatable bonds is 8.